The van der Waals surface area contributed by atoms with E-state index in [1.165, 1.54) is 32.1 Å². The van der Waals surface area contributed by atoms with E-state index in [-0.39, 0.29) is 0 Å². The summed E-state index contributed by atoms with van der Waals surface area (Å²) in [6.45, 7) is 5.91. The number of nitrogens with one attached hydrogen (secondary N) is 1. The summed E-state index contributed by atoms with van der Waals surface area (Å²) in [5, 5.41) is 13.9. The van der Waals surface area contributed by atoms with E-state index >= 15 is 0 Å². The van der Waals surface area contributed by atoms with Gasteiger partial charge in [-0.25, -0.2) is 0 Å². The summed E-state index contributed by atoms with van der Waals surface area (Å²) in [6, 6.07) is 5.95. The highest BCUT2D eigenvalue weighted by Crippen LogP contribution is 2.40. The second kappa shape index (κ2) is 7.28. The van der Waals surface area contributed by atoms with Crippen molar-refractivity contribution in [3.8, 4) is 5.75 Å². The smallest absolute Gasteiger partial charge is 0.124 e. The maximum atomic E-state index is 10.4. The van der Waals surface area contributed by atoms with Crippen LogP contribution in [0.15, 0.2) is 18.2 Å². The lowest BCUT2D eigenvalue weighted by Crippen LogP contribution is -2.34. The normalized spacial score (nSPS) is 18.7. The van der Waals surface area contributed by atoms with E-state index in [1.807, 2.05) is 25.1 Å². The molecule has 0 bridgehead atoms. The van der Waals surface area contributed by atoms with Crippen LogP contribution in [0.2, 0.25) is 0 Å². The molecule has 1 aliphatic rings. The second-order valence-corrected chi connectivity index (χ2v) is 6.45. The lowest BCUT2D eigenvalue weighted by molar-refractivity contribution is 0.160. The number of hydrogen-bond acceptors (Lipinski definition) is 3. The molecule has 1 aliphatic carbocycles. The molecule has 1 atom stereocenters. The third-order valence-electron chi connectivity index (χ3n) is 5.00. The van der Waals surface area contributed by atoms with Gasteiger partial charge in [-0.3, -0.25) is 0 Å². The van der Waals surface area contributed by atoms with Crippen molar-refractivity contribution >= 4 is 0 Å². The van der Waals surface area contributed by atoms with E-state index in [0.29, 0.717) is 12.0 Å². The molecule has 2 rings (SSSR count). The maximum Gasteiger partial charge on any atom is 0.124 e. The van der Waals surface area contributed by atoms with Crippen LogP contribution in [-0.4, -0.2) is 25.3 Å². The van der Waals surface area contributed by atoms with E-state index in [2.05, 4.69) is 12.2 Å². The van der Waals surface area contributed by atoms with E-state index in [4.69, 9.17) is 4.74 Å². The zero-order valence-electron chi connectivity index (χ0n) is 13.6. The number of aryl methyl sites for hydroxylation is 1. The van der Waals surface area contributed by atoms with Gasteiger partial charge in [-0.05, 0) is 43.7 Å². The van der Waals surface area contributed by atoms with Crippen molar-refractivity contribution in [1.82, 2.24) is 5.32 Å². The summed E-state index contributed by atoms with van der Waals surface area (Å²) >= 11 is 0. The number of hydrogen-bond donors (Lipinski definition) is 2. The van der Waals surface area contributed by atoms with Gasteiger partial charge >= 0.3 is 0 Å². The van der Waals surface area contributed by atoms with Gasteiger partial charge in [-0.1, -0.05) is 31.4 Å². The van der Waals surface area contributed by atoms with Crippen LogP contribution in [0.25, 0.3) is 0 Å². The van der Waals surface area contributed by atoms with Crippen molar-refractivity contribution in [2.75, 3.05) is 20.2 Å². The number of aliphatic hydroxyl groups is 1. The molecule has 1 fully saturated rings. The molecule has 0 saturated heterocycles. The monoisotopic (exact) mass is 291 g/mol. The van der Waals surface area contributed by atoms with E-state index < -0.39 is 6.10 Å². The molecule has 1 aromatic carbocycles. The molecule has 0 amide bonds. The van der Waals surface area contributed by atoms with Crippen molar-refractivity contribution in [2.45, 2.75) is 52.1 Å². The first kappa shape index (κ1) is 16.3. The molecule has 1 saturated carbocycles. The van der Waals surface area contributed by atoms with Crippen LogP contribution in [0.1, 0.15) is 56.3 Å². The predicted molar refractivity (Wildman–Crippen MR) is 86.8 cm³/mol. The highest BCUT2D eigenvalue weighted by atomic mass is 16.5. The largest absolute Gasteiger partial charge is 0.496 e. The van der Waals surface area contributed by atoms with Crippen LogP contribution >= 0.6 is 0 Å². The molecule has 21 heavy (non-hydrogen) atoms. The van der Waals surface area contributed by atoms with Crippen LogP contribution in [0.5, 0.6) is 5.75 Å². The van der Waals surface area contributed by atoms with Crippen molar-refractivity contribution in [3.63, 3.8) is 0 Å². The lowest BCUT2D eigenvalue weighted by Gasteiger charge is -2.28. The molecule has 0 aliphatic heterocycles. The molecule has 1 aromatic rings. The summed E-state index contributed by atoms with van der Waals surface area (Å²) in [4.78, 5) is 0. The van der Waals surface area contributed by atoms with E-state index in [9.17, 15) is 5.11 Å². The summed E-state index contributed by atoms with van der Waals surface area (Å²) < 4.78 is 5.35. The first-order chi connectivity index (χ1) is 10.1. The minimum atomic E-state index is -0.518. The van der Waals surface area contributed by atoms with Crippen LogP contribution < -0.4 is 10.1 Å². The number of ether oxygens (including phenoxy) is 1. The van der Waals surface area contributed by atoms with Gasteiger partial charge in [0, 0.05) is 18.7 Å². The molecular weight excluding hydrogens is 262 g/mol. The fraction of sp³-hybridized carbons (Fsp3) is 0.667. The molecule has 0 aromatic heterocycles. The predicted octanol–water partition coefficient (Wildman–Crippen LogP) is 3.60. The summed E-state index contributed by atoms with van der Waals surface area (Å²) in [5.74, 6) is 0.765. The average molecular weight is 291 g/mol. The zero-order valence-corrected chi connectivity index (χ0v) is 13.6. The SMILES string of the molecule is CCC1(CNCC(O)c2cc(C)ccc2OC)CCCC1. The van der Waals surface area contributed by atoms with Gasteiger partial charge in [0.05, 0.1) is 13.2 Å². The Hall–Kier alpha value is -1.06. The summed E-state index contributed by atoms with van der Waals surface area (Å²) in [6.07, 6.45) is 6.05. The van der Waals surface area contributed by atoms with Gasteiger partial charge < -0.3 is 15.2 Å². The van der Waals surface area contributed by atoms with Gasteiger partial charge in [0.15, 0.2) is 0 Å². The standard InChI is InChI=1S/C18H29NO2/c1-4-18(9-5-6-10-18)13-19-12-16(20)15-11-14(2)7-8-17(15)21-3/h7-8,11,16,19-20H,4-6,9-10,12-13H2,1-3H3. The van der Waals surface area contributed by atoms with Crippen molar-refractivity contribution in [3.05, 3.63) is 29.3 Å². The molecular formula is C18H29NO2. The molecule has 118 valence electrons. The number of rotatable bonds is 7. The molecule has 0 heterocycles. The topological polar surface area (TPSA) is 41.5 Å². The van der Waals surface area contributed by atoms with Crippen LogP contribution in [-0.2, 0) is 0 Å². The Bertz CT molecular complexity index is 453. The first-order valence-corrected chi connectivity index (χ1v) is 8.13. The Balaban J connectivity index is 1.92. The Kier molecular flexibility index (Phi) is 5.65. The van der Waals surface area contributed by atoms with Gasteiger partial charge in [0.25, 0.3) is 0 Å². The molecule has 0 spiro atoms. The van der Waals surface area contributed by atoms with Gasteiger partial charge in [0.2, 0.25) is 0 Å². The van der Waals surface area contributed by atoms with Crippen molar-refractivity contribution in [2.24, 2.45) is 5.41 Å². The summed E-state index contributed by atoms with van der Waals surface area (Å²) in [5.41, 5.74) is 2.48. The Labute approximate surface area is 128 Å². The average Bonchev–Trinajstić information content (AvgIpc) is 2.96. The van der Waals surface area contributed by atoms with Crippen LogP contribution in [0, 0.1) is 12.3 Å². The zero-order chi connectivity index (χ0) is 15.3. The minimum absolute atomic E-state index is 0.455. The molecule has 1 unspecified atom stereocenters. The van der Waals surface area contributed by atoms with E-state index in [1.54, 1.807) is 7.11 Å². The van der Waals surface area contributed by atoms with Crippen LogP contribution in [0.4, 0.5) is 0 Å². The van der Waals surface area contributed by atoms with Crippen LogP contribution in [0.3, 0.4) is 0 Å². The fourth-order valence-corrected chi connectivity index (χ4v) is 3.48. The Morgan fingerprint density at radius 3 is 2.67 bits per heavy atom. The fourth-order valence-electron chi connectivity index (χ4n) is 3.48. The number of methoxy groups -OCH3 is 1. The molecule has 2 N–H and O–H groups in total. The van der Waals surface area contributed by atoms with Gasteiger partial charge in [-0.2, -0.15) is 0 Å². The molecule has 3 heteroatoms. The highest BCUT2D eigenvalue weighted by molar-refractivity contribution is 5.38. The number of benzene rings is 1. The number of aliphatic hydroxyl groups excluding tert-OH is 1. The minimum Gasteiger partial charge on any atom is -0.496 e. The van der Waals surface area contributed by atoms with E-state index in [0.717, 1.165) is 23.4 Å². The highest BCUT2D eigenvalue weighted by Gasteiger charge is 2.31. The van der Waals surface area contributed by atoms with Gasteiger partial charge in [-0.15, -0.1) is 0 Å². The Morgan fingerprint density at radius 2 is 2.05 bits per heavy atom. The van der Waals surface area contributed by atoms with Gasteiger partial charge in [0.1, 0.15) is 5.75 Å². The second-order valence-electron chi connectivity index (χ2n) is 6.45. The lowest BCUT2D eigenvalue weighted by atomic mass is 9.83. The first-order valence-electron chi connectivity index (χ1n) is 8.13. The third-order valence-corrected chi connectivity index (χ3v) is 5.00. The van der Waals surface area contributed by atoms with Crippen molar-refractivity contribution in [1.29, 1.82) is 0 Å². The molecule has 0 radical (unpaired) electrons. The Morgan fingerprint density at radius 1 is 1.33 bits per heavy atom. The summed E-state index contributed by atoms with van der Waals surface area (Å²) in [7, 11) is 1.65. The van der Waals surface area contributed by atoms with Crippen molar-refractivity contribution < 1.29 is 9.84 Å². The maximum absolute atomic E-state index is 10.4. The quantitative estimate of drug-likeness (QED) is 0.806. The third kappa shape index (κ3) is 3.98. The molecule has 3 nitrogen and oxygen atoms in total.